The van der Waals surface area contributed by atoms with E-state index < -0.39 is 9.84 Å². The SMILES string of the molecule is COc1ccc(S(=O)(=O)CNc2ccc(Oc3ccc(NCc4cccc(Cl)c4Cl)cc3)cc2)cc1. The summed E-state index contributed by atoms with van der Waals surface area (Å²) >= 11 is 12.3. The highest BCUT2D eigenvalue weighted by atomic mass is 35.5. The van der Waals surface area contributed by atoms with Gasteiger partial charge in [0.05, 0.1) is 22.1 Å². The van der Waals surface area contributed by atoms with Gasteiger partial charge in [-0.2, -0.15) is 0 Å². The van der Waals surface area contributed by atoms with Crippen molar-refractivity contribution in [1.29, 1.82) is 0 Å². The van der Waals surface area contributed by atoms with Crippen LogP contribution in [0.2, 0.25) is 10.0 Å². The zero-order chi connectivity index (χ0) is 25.5. The summed E-state index contributed by atoms with van der Waals surface area (Å²) in [5.41, 5.74) is 2.49. The Morgan fingerprint density at radius 1 is 0.722 bits per heavy atom. The lowest BCUT2D eigenvalue weighted by atomic mass is 10.2. The minimum Gasteiger partial charge on any atom is -0.497 e. The first-order valence-electron chi connectivity index (χ1n) is 11.0. The van der Waals surface area contributed by atoms with E-state index >= 15 is 0 Å². The molecule has 0 aliphatic carbocycles. The second kappa shape index (κ2) is 11.6. The molecule has 0 bridgehead atoms. The van der Waals surface area contributed by atoms with E-state index in [9.17, 15) is 8.42 Å². The van der Waals surface area contributed by atoms with Crippen molar-refractivity contribution < 1.29 is 17.9 Å². The van der Waals surface area contributed by atoms with Gasteiger partial charge in [0.1, 0.15) is 23.1 Å². The number of benzene rings is 4. The Morgan fingerprint density at radius 3 is 1.86 bits per heavy atom. The van der Waals surface area contributed by atoms with Crippen molar-refractivity contribution in [2.45, 2.75) is 11.4 Å². The van der Waals surface area contributed by atoms with E-state index in [1.54, 1.807) is 42.5 Å². The van der Waals surface area contributed by atoms with Gasteiger partial charge in [-0.05, 0) is 84.4 Å². The van der Waals surface area contributed by atoms with Crippen LogP contribution in [0, 0.1) is 0 Å². The first kappa shape index (κ1) is 25.7. The van der Waals surface area contributed by atoms with Gasteiger partial charge in [-0.15, -0.1) is 0 Å². The van der Waals surface area contributed by atoms with Crippen molar-refractivity contribution in [3.8, 4) is 17.2 Å². The van der Waals surface area contributed by atoms with Gasteiger partial charge in [0, 0.05) is 17.9 Å². The fraction of sp³-hybridized carbons (Fsp3) is 0.111. The van der Waals surface area contributed by atoms with Crippen molar-refractivity contribution in [1.82, 2.24) is 0 Å². The molecule has 0 amide bonds. The molecular weight excluding hydrogens is 519 g/mol. The van der Waals surface area contributed by atoms with Crippen LogP contribution in [-0.2, 0) is 16.4 Å². The molecule has 4 rings (SSSR count). The van der Waals surface area contributed by atoms with Crippen LogP contribution in [0.5, 0.6) is 17.2 Å². The van der Waals surface area contributed by atoms with Gasteiger partial charge >= 0.3 is 0 Å². The molecule has 0 aliphatic heterocycles. The third kappa shape index (κ3) is 6.63. The fourth-order valence-corrected chi connectivity index (χ4v) is 4.81. The Kier molecular flexibility index (Phi) is 8.25. The molecule has 9 heteroatoms. The Balaban J connectivity index is 1.30. The number of hydrogen-bond donors (Lipinski definition) is 2. The zero-order valence-corrected chi connectivity index (χ0v) is 21.7. The van der Waals surface area contributed by atoms with E-state index in [1.807, 2.05) is 36.4 Å². The van der Waals surface area contributed by atoms with Crippen LogP contribution >= 0.6 is 23.2 Å². The third-order valence-corrected chi connectivity index (χ3v) is 7.72. The monoisotopic (exact) mass is 542 g/mol. The molecule has 2 N–H and O–H groups in total. The van der Waals surface area contributed by atoms with Gasteiger partial charge < -0.3 is 20.1 Å². The van der Waals surface area contributed by atoms with Crippen LogP contribution in [0.3, 0.4) is 0 Å². The molecule has 36 heavy (non-hydrogen) atoms. The van der Waals surface area contributed by atoms with E-state index in [-0.39, 0.29) is 10.8 Å². The number of methoxy groups -OCH3 is 1. The smallest absolute Gasteiger partial charge is 0.196 e. The van der Waals surface area contributed by atoms with Gasteiger partial charge in [0.25, 0.3) is 0 Å². The summed E-state index contributed by atoms with van der Waals surface area (Å²) in [6, 6.07) is 26.5. The summed E-state index contributed by atoms with van der Waals surface area (Å²) in [5.74, 6) is 1.67. The molecule has 0 spiro atoms. The number of ether oxygens (including phenoxy) is 2. The number of nitrogens with one attached hydrogen (secondary N) is 2. The molecule has 6 nitrogen and oxygen atoms in total. The molecule has 0 fully saturated rings. The molecule has 186 valence electrons. The second-order valence-corrected chi connectivity index (χ2v) is 10.6. The molecule has 0 unspecified atom stereocenters. The predicted octanol–water partition coefficient (Wildman–Crippen LogP) is 7.25. The number of hydrogen-bond acceptors (Lipinski definition) is 6. The maximum atomic E-state index is 12.6. The van der Waals surface area contributed by atoms with Gasteiger partial charge in [-0.1, -0.05) is 35.3 Å². The van der Waals surface area contributed by atoms with Crippen molar-refractivity contribution in [2.75, 3.05) is 23.6 Å². The third-order valence-electron chi connectivity index (χ3n) is 5.34. The second-order valence-electron chi connectivity index (χ2n) is 7.83. The van der Waals surface area contributed by atoms with Gasteiger partial charge in [-0.3, -0.25) is 0 Å². The quantitative estimate of drug-likeness (QED) is 0.220. The number of halogens is 2. The molecule has 0 aliphatic rings. The maximum Gasteiger partial charge on any atom is 0.196 e. The Hall–Kier alpha value is -3.39. The van der Waals surface area contributed by atoms with Crippen LogP contribution in [-0.4, -0.2) is 21.4 Å². The van der Waals surface area contributed by atoms with Crippen molar-refractivity contribution >= 4 is 44.4 Å². The number of anilines is 2. The standard InChI is InChI=1S/C27H24Cl2N2O4S/c1-34-22-13-15-25(16-14-22)36(32,33)18-31-21-7-11-24(12-8-21)35-23-9-5-20(6-10-23)30-17-19-3-2-4-26(28)27(19)29/h2-16,30-31H,17-18H2,1H3. The zero-order valence-electron chi connectivity index (χ0n) is 19.4. The summed E-state index contributed by atoms with van der Waals surface area (Å²) in [5, 5.41) is 7.33. The summed E-state index contributed by atoms with van der Waals surface area (Å²) in [6.45, 7) is 0.544. The molecule has 0 saturated carbocycles. The molecule has 0 saturated heterocycles. The average Bonchev–Trinajstić information content (AvgIpc) is 2.90. The summed E-state index contributed by atoms with van der Waals surface area (Å²) < 4.78 is 36.1. The van der Waals surface area contributed by atoms with Gasteiger partial charge in [0.15, 0.2) is 9.84 Å². The predicted molar refractivity (Wildman–Crippen MR) is 145 cm³/mol. The summed E-state index contributed by atoms with van der Waals surface area (Å²) in [6.07, 6.45) is 0. The van der Waals surface area contributed by atoms with E-state index in [2.05, 4.69) is 10.6 Å². The minimum absolute atomic E-state index is 0.226. The normalized spacial score (nSPS) is 11.1. The minimum atomic E-state index is -3.49. The Labute approximate surface area is 220 Å². The largest absolute Gasteiger partial charge is 0.497 e. The highest BCUT2D eigenvalue weighted by molar-refractivity contribution is 7.91. The topological polar surface area (TPSA) is 76.7 Å². The van der Waals surface area contributed by atoms with E-state index in [1.165, 1.54) is 19.2 Å². The molecule has 0 atom stereocenters. The lowest BCUT2D eigenvalue weighted by Crippen LogP contribution is -2.14. The molecule has 0 aromatic heterocycles. The highest BCUT2D eigenvalue weighted by Crippen LogP contribution is 2.28. The fourth-order valence-electron chi connectivity index (χ4n) is 3.34. The lowest BCUT2D eigenvalue weighted by Gasteiger charge is -2.11. The van der Waals surface area contributed by atoms with E-state index in [0.717, 1.165) is 11.3 Å². The van der Waals surface area contributed by atoms with E-state index in [4.69, 9.17) is 32.7 Å². The van der Waals surface area contributed by atoms with Crippen molar-refractivity contribution in [3.63, 3.8) is 0 Å². The number of sulfone groups is 1. The molecular formula is C27H24Cl2N2O4S. The average molecular weight is 543 g/mol. The first-order valence-corrected chi connectivity index (χ1v) is 13.4. The Morgan fingerprint density at radius 2 is 1.28 bits per heavy atom. The number of rotatable bonds is 10. The first-order chi connectivity index (χ1) is 17.3. The van der Waals surface area contributed by atoms with Crippen molar-refractivity contribution in [2.24, 2.45) is 0 Å². The van der Waals surface area contributed by atoms with E-state index in [0.29, 0.717) is 39.5 Å². The molecule has 4 aromatic carbocycles. The summed E-state index contributed by atoms with van der Waals surface area (Å²) in [7, 11) is -1.96. The van der Waals surface area contributed by atoms with Crippen LogP contribution in [0.25, 0.3) is 0 Å². The molecule has 0 radical (unpaired) electrons. The highest BCUT2D eigenvalue weighted by Gasteiger charge is 2.14. The van der Waals surface area contributed by atoms with Gasteiger partial charge in [-0.25, -0.2) is 8.42 Å². The van der Waals surface area contributed by atoms with Gasteiger partial charge in [0.2, 0.25) is 0 Å². The maximum absolute atomic E-state index is 12.6. The molecule has 0 heterocycles. The summed E-state index contributed by atoms with van der Waals surface area (Å²) in [4.78, 5) is 0.226. The van der Waals surface area contributed by atoms with Crippen LogP contribution < -0.4 is 20.1 Å². The van der Waals surface area contributed by atoms with Crippen LogP contribution in [0.1, 0.15) is 5.56 Å². The Bertz CT molecular complexity index is 1410. The lowest BCUT2D eigenvalue weighted by molar-refractivity contribution is 0.414. The van der Waals surface area contributed by atoms with Crippen LogP contribution in [0.15, 0.2) is 95.9 Å². The molecule has 4 aromatic rings. The van der Waals surface area contributed by atoms with Crippen molar-refractivity contribution in [3.05, 3.63) is 107 Å². The van der Waals surface area contributed by atoms with Crippen LogP contribution in [0.4, 0.5) is 11.4 Å².